The molecule has 2 amide bonds. The van der Waals surface area contributed by atoms with Gasteiger partial charge in [0.25, 0.3) is 11.6 Å². The number of non-ortho nitro benzene ring substituents is 1. The zero-order valence-corrected chi connectivity index (χ0v) is 14.5. The smallest absolute Gasteiger partial charge is 0.308 e. The molecule has 0 saturated carbocycles. The Kier molecular flexibility index (Phi) is 6.65. The fourth-order valence-electron chi connectivity index (χ4n) is 2.60. The first-order chi connectivity index (χ1) is 12.4. The molecule has 9 nitrogen and oxygen atoms in total. The zero-order chi connectivity index (χ0) is 19.1. The lowest BCUT2D eigenvalue weighted by atomic mass is 10.1. The van der Waals surface area contributed by atoms with Gasteiger partial charge in [-0.3, -0.25) is 24.5 Å². The second-order valence-electron chi connectivity index (χ2n) is 5.89. The van der Waals surface area contributed by atoms with E-state index in [9.17, 15) is 24.5 Å². The third kappa shape index (κ3) is 4.78. The number of ether oxygens (including phenoxy) is 1. The molecule has 26 heavy (non-hydrogen) atoms. The van der Waals surface area contributed by atoms with E-state index in [0.717, 1.165) is 12.8 Å². The van der Waals surface area contributed by atoms with Crippen molar-refractivity contribution < 1.29 is 24.0 Å². The topological polar surface area (TPSA) is 119 Å². The summed E-state index contributed by atoms with van der Waals surface area (Å²) in [5.41, 5.74) is 0.0867. The molecule has 1 N–H and O–H groups in total. The predicted molar refractivity (Wildman–Crippen MR) is 91.4 cm³/mol. The highest BCUT2D eigenvalue weighted by atomic mass is 16.6. The van der Waals surface area contributed by atoms with Crippen LogP contribution in [0.4, 0.5) is 5.69 Å². The molecule has 0 spiro atoms. The van der Waals surface area contributed by atoms with Gasteiger partial charge in [-0.25, -0.2) is 0 Å². The van der Waals surface area contributed by atoms with Crippen LogP contribution in [0.3, 0.4) is 0 Å². The van der Waals surface area contributed by atoms with Crippen molar-refractivity contribution in [2.75, 3.05) is 19.7 Å². The number of hydrogen-bond donors (Lipinski definition) is 1. The summed E-state index contributed by atoms with van der Waals surface area (Å²) in [6.45, 7) is 2.76. The molecule has 1 unspecified atom stereocenters. The van der Waals surface area contributed by atoms with Crippen molar-refractivity contribution in [3.63, 3.8) is 0 Å². The monoisotopic (exact) mass is 363 g/mol. The van der Waals surface area contributed by atoms with Crippen LogP contribution in [0.5, 0.6) is 0 Å². The van der Waals surface area contributed by atoms with Gasteiger partial charge in [-0.1, -0.05) is 13.3 Å². The Balaban J connectivity index is 2.10. The summed E-state index contributed by atoms with van der Waals surface area (Å²) in [7, 11) is 0. The van der Waals surface area contributed by atoms with Crippen molar-refractivity contribution in [1.29, 1.82) is 0 Å². The summed E-state index contributed by atoms with van der Waals surface area (Å²) in [6, 6.07) is 4.17. The number of carbonyl (C=O) groups is 3. The van der Waals surface area contributed by atoms with Gasteiger partial charge in [0.05, 0.1) is 18.0 Å². The van der Waals surface area contributed by atoms with E-state index < -0.39 is 28.7 Å². The number of esters is 1. The molecule has 1 aromatic rings. The second-order valence-corrected chi connectivity index (χ2v) is 5.89. The van der Waals surface area contributed by atoms with Crippen LogP contribution in [0.2, 0.25) is 0 Å². The Bertz CT molecular complexity index is 688. The van der Waals surface area contributed by atoms with E-state index in [4.69, 9.17) is 4.74 Å². The molecule has 1 fully saturated rings. The summed E-state index contributed by atoms with van der Waals surface area (Å²) >= 11 is 0. The molecule has 1 saturated heterocycles. The summed E-state index contributed by atoms with van der Waals surface area (Å²) < 4.78 is 5.08. The van der Waals surface area contributed by atoms with E-state index in [0.29, 0.717) is 0 Å². The maximum Gasteiger partial charge on any atom is 0.308 e. The third-order valence-corrected chi connectivity index (χ3v) is 4.04. The fourth-order valence-corrected chi connectivity index (χ4v) is 2.60. The van der Waals surface area contributed by atoms with Crippen LogP contribution in [0.15, 0.2) is 24.3 Å². The molecule has 1 aliphatic rings. The lowest BCUT2D eigenvalue weighted by molar-refractivity contribution is -0.384. The Morgan fingerprint density at radius 1 is 1.35 bits per heavy atom. The average molecular weight is 363 g/mol. The number of nitro groups is 1. The number of nitro benzene ring substituents is 1. The van der Waals surface area contributed by atoms with Gasteiger partial charge >= 0.3 is 5.97 Å². The van der Waals surface area contributed by atoms with Crippen molar-refractivity contribution in [3.05, 3.63) is 39.9 Å². The summed E-state index contributed by atoms with van der Waals surface area (Å²) in [5.74, 6) is -1.41. The minimum absolute atomic E-state index is 0.131. The molecule has 1 atom stereocenters. The average Bonchev–Trinajstić information content (AvgIpc) is 2.63. The lowest BCUT2D eigenvalue weighted by Gasteiger charge is -2.34. The van der Waals surface area contributed by atoms with Gasteiger partial charge in [-0.05, 0) is 18.6 Å². The molecule has 0 bridgehead atoms. The number of benzene rings is 1. The zero-order valence-electron chi connectivity index (χ0n) is 14.5. The molecule has 9 heteroatoms. The van der Waals surface area contributed by atoms with Crippen molar-refractivity contribution in [1.82, 2.24) is 10.2 Å². The van der Waals surface area contributed by atoms with E-state index in [1.807, 2.05) is 6.92 Å². The van der Waals surface area contributed by atoms with Gasteiger partial charge < -0.3 is 15.0 Å². The van der Waals surface area contributed by atoms with Crippen LogP contribution in [-0.2, 0) is 14.3 Å². The Morgan fingerprint density at radius 2 is 2.04 bits per heavy atom. The first-order valence-electron chi connectivity index (χ1n) is 8.42. The Labute approximate surface area is 150 Å². The molecule has 0 aromatic heterocycles. The van der Waals surface area contributed by atoms with E-state index in [2.05, 4.69) is 5.32 Å². The molecule has 140 valence electrons. The first-order valence-corrected chi connectivity index (χ1v) is 8.42. The highest BCUT2D eigenvalue weighted by Crippen LogP contribution is 2.17. The number of nitrogens with zero attached hydrogens (tertiary/aromatic N) is 2. The van der Waals surface area contributed by atoms with Crippen LogP contribution < -0.4 is 5.32 Å². The van der Waals surface area contributed by atoms with Gasteiger partial charge in [-0.15, -0.1) is 0 Å². The fraction of sp³-hybridized carbons (Fsp3) is 0.471. The minimum atomic E-state index is -0.958. The number of hydrogen-bond acceptors (Lipinski definition) is 6. The van der Waals surface area contributed by atoms with Crippen molar-refractivity contribution in [2.45, 2.75) is 32.2 Å². The molecule has 0 aliphatic carbocycles. The summed E-state index contributed by atoms with van der Waals surface area (Å²) in [5, 5.41) is 13.3. The molecule has 1 aliphatic heterocycles. The standard InChI is InChI=1S/C17H21N3O6/c1-2-3-10-26-15(21)11-14-16(22)18-8-9-19(14)17(23)12-4-6-13(7-5-12)20(24)25/h4-7,14H,2-3,8-11H2,1H3,(H,18,22). The Morgan fingerprint density at radius 3 is 2.65 bits per heavy atom. The van der Waals surface area contributed by atoms with Gasteiger partial charge in [-0.2, -0.15) is 0 Å². The largest absolute Gasteiger partial charge is 0.466 e. The minimum Gasteiger partial charge on any atom is -0.466 e. The number of piperazine rings is 1. The van der Waals surface area contributed by atoms with E-state index >= 15 is 0 Å². The van der Waals surface area contributed by atoms with Crippen molar-refractivity contribution in [3.8, 4) is 0 Å². The summed E-state index contributed by atoms with van der Waals surface area (Å²) in [4.78, 5) is 48.3. The van der Waals surface area contributed by atoms with Crippen LogP contribution in [-0.4, -0.2) is 53.3 Å². The van der Waals surface area contributed by atoms with E-state index in [-0.39, 0.29) is 37.4 Å². The predicted octanol–water partition coefficient (Wildman–Crippen LogP) is 1.27. The maximum absolute atomic E-state index is 12.7. The number of unbranched alkanes of at least 4 members (excludes halogenated alkanes) is 1. The van der Waals surface area contributed by atoms with Crippen LogP contribution in [0, 0.1) is 10.1 Å². The number of rotatable bonds is 7. The van der Waals surface area contributed by atoms with Gasteiger partial charge in [0, 0.05) is 30.8 Å². The third-order valence-electron chi connectivity index (χ3n) is 4.04. The number of nitrogens with one attached hydrogen (secondary N) is 1. The van der Waals surface area contributed by atoms with Gasteiger partial charge in [0.15, 0.2) is 0 Å². The molecular weight excluding hydrogens is 342 g/mol. The van der Waals surface area contributed by atoms with Crippen LogP contribution >= 0.6 is 0 Å². The Hall–Kier alpha value is -2.97. The van der Waals surface area contributed by atoms with E-state index in [1.165, 1.54) is 29.2 Å². The normalized spacial score (nSPS) is 16.7. The highest BCUT2D eigenvalue weighted by molar-refractivity contribution is 5.99. The highest BCUT2D eigenvalue weighted by Gasteiger charge is 2.35. The molecule has 2 rings (SSSR count). The molecule has 0 radical (unpaired) electrons. The lowest BCUT2D eigenvalue weighted by Crippen LogP contribution is -2.57. The van der Waals surface area contributed by atoms with Crippen molar-refractivity contribution >= 4 is 23.5 Å². The van der Waals surface area contributed by atoms with E-state index in [1.54, 1.807) is 0 Å². The quantitative estimate of drug-likeness (QED) is 0.337. The van der Waals surface area contributed by atoms with Crippen LogP contribution in [0.25, 0.3) is 0 Å². The molecule has 1 heterocycles. The number of amides is 2. The number of carbonyl (C=O) groups excluding carboxylic acids is 3. The maximum atomic E-state index is 12.7. The SMILES string of the molecule is CCCCOC(=O)CC1C(=O)NCCN1C(=O)c1ccc([N+](=O)[O-])cc1. The van der Waals surface area contributed by atoms with Crippen molar-refractivity contribution in [2.24, 2.45) is 0 Å². The molecule has 1 aromatic carbocycles. The second kappa shape index (κ2) is 8.93. The molecular formula is C17H21N3O6. The first kappa shape index (κ1) is 19.4. The van der Waals surface area contributed by atoms with Crippen LogP contribution in [0.1, 0.15) is 36.5 Å². The van der Waals surface area contributed by atoms with Gasteiger partial charge in [0.2, 0.25) is 5.91 Å². The van der Waals surface area contributed by atoms with Gasteiger partial charge in [0.1, 0.15) is 6.04 Å². The summed E-state index contributed by atoms with van der Waals surface area (Å²) in [6.07, 6.45) is 1.38.